The van der Waals surface area contributed by atoms with Crippen LogP contribution in [0.1, 0.15) is 19.1 Å². The second-order valence-electron chi connectivity index (χ2n) is 3.90. The summed E-state index contributed by atoms with van der Waals surface area (Å²) >= 11 is 6.35. The fraction of sp³-hybridized carbons (Fsp3) is 0.308. The summed E-state index contributed by atoms with van der Waals surface area (Å²) in [5, 5.41) is 0. The topological polar surface area (TPSA) is 59.8 Å². The third kappa shape index (κ3) is 3.49. The minimum atomic E-state index is -0.337. The normalized spacial score (nSPS) is 17.1. The zero-order valence-electron chi connectivity index (χ0n) is 10.8. The summed E-state index contributed by atoms with van der Waals surface area (Å²) < 4.78 is 10.4. The predicted octanol–water partition coefficient (Wildman–Crippen LogP) is 2.43. The van der Waals surface area contributed by atoms with Gasteiger partial charge in [0.2, 0.25) is 0 Å². The maximum Gasteiger partial charge on any atom is 0.307 e. The lowest BCUT2D eigenvalue weighted by atomic mass is 10.3. The molecule has 0 saturated carbocycles. The molecule has 1 aliphatic heterocycles. The molecule has 1 saturated heterocycles. The van der Waals surface area contributed by atoms with E-state index >= 15 is 0 Å². The molecule has 0 bridgehead atoms. The molecule has 2 heterocycles. The van der Waals surface area contributed by atoms with E-state index in [2.05, 4.69) is 0 Å². The highest BCUT2D eigenvalue weighted by molar-refractivity contribution is 8.26. The molecule has 0 atom stereocenters. The molecule has 1 aromatic heterocycles. The number of furan rings is 1. The van der Waals surface area contributed by atoms with Gasteiger partial charge in [0.05, 0.1) is 24.2 Å². The summed E-state index contributed by atoms with van der Waals surface area (Å²) in [7, 11) is 0. The zero-order valence-corrected chi connectivity index (χ0v) is 12.5. The lowest BCUT2D eigenvalue weighted by molar-refractivity contribution is -0.143. The van der Waals surface area contributed by atoms with Crippen molar-refractivity contribution in [3.63, 3.8) is 0 Å². The summed E-state index contributed by atoms with van der Waals surface area (Å²) in [6, 6.07) is 3.50. The Labute approximate surface area is 125 Å². The Morgan fingerprint density at radius 2 is 2.40 bits per heavy atom. The number of rotatable bonds is 5. The number of thiocarbonyl (C=S) groups is 1. The number of amides is 1. The Balaban J connectivity index is 2.00. The van der Waals surface area contributed by atoms with Crippen LogP contribution in [0.25, 0.3) is 6.08 Å². The molecule has 0 radical (unpaired) electrons. The van der Waals surface area contributed by atoms with Gasteiger partial charge in [0.1, 0.15) is 10.1 Å². The summed E-state index contributed by atoms with van der Waals surface area (Å²) in [4.78, 5) is 25.4. The Kier molecular flexibility index (Phi) is 4.97. The molecule has 20 heavy (non-hydrogen) atoms. The Hall–Kier alpha value is -1.60. The molecule has 0 aromatic carbocycles. The number of carbonyl (C=O) groups excluding carboxylic acids is 2. The van der Waals surface area contributed by atoms with E-state index in [1.807, 2.05) is 0 Å². The molecule has 0 unspecified atom stereocenters. The highest BCUT2D eigenvalue weighted by Gasteiger charge is 2.32. The summed E-state index contributed by atoms with van der Waals surface area (Å²) in [6.07, 6.45) is 3.31. The van der Waals surface area contributed by atoms with E-state index in [0.29, 0.717) is 21.6 Å². The van der Waals surface area contributed by atoms with Crippen LogP contribution in [-0.4, -0.2) is 34.2 Å². The maximum atomic E-state index is 12.2. The van der Waals surface area contributed by atoms with Crippen LogP contribution in [0.4, 0.5) is 0 Å². The van der Waals surface area contributed by atoms with Crippen LogP contribution in [0.3, 0.4) is 0 Å². The van der Waals surface area contributed by atoms with E-state index in [0.717, 1.165) is 0 Å². The molecule has 2 rings (SSSR count). The third-order valence-electron chi connectivity index (χ3n) is 2.53. The van der Waals surface area contributed by atoms with E-state index in [-0.39, 0.29) is 24.8 Å². The van der Waals surface area contributed by atoms with E-state index in [1.165, 1.54) is 22.9 Å². The number of carbonyl (C=O) groups is 2. The zero-order chi connectivity index (χ0) is 14.5. The van der Waals surface area contributed by atoms with Gasteiger partial charge in [0.25, 0.3) is 5.91 Å². The first kappa shape index (κ1) is 14.8. The van der Waals surface area contributed by atoms with Crippen molar-refractivity contribution in [1.82, 2.24) is 4.90 Å². The minimum Gasteiger partial charge on any atom is -0.466 e. The van der Waals surface area contributed by atoms with Crippen molar-refractivity contribution < 1.29 is 18.7 Å². The van der Waals surface area contributed by atoms with Gasteiger partial charge in [-0.05, 0) is 19.1 Å². The van der Waals surface area contributed by atoms with Crippen LogP contribution in [0, 0.1) is 0 Å². The molecule has 7 heteroatoms. The van der Waals surface area contributed by atoms with Crippen molar-refractivity contribution in [2.75, 3.05) is 13.2 Å². The molecule has 106 valence electrons. The first-order valence-electron chi connectivity index (χ1n) is 6.06. The van der Waals surface area contributed by atoms with Gasteiger partial charge in [-0.2, -0.15) is 0 Å². The van der Waals surface area contributed by atoms with Crippen LogP contribution in [0.2, 0.25) is 0 Å². The van der Waals surface area contributed by atoms with Crippen LogP contribution in [0.5, 0.6) is 0 Å². The van der Waals surface area contributed by atoms with E-state index in [9.17, 15) is 9.59 Å². The van der Waals surface area contributed by atoms with E-state index in [4.69, 9.17) is 21.4 Å². The molecule has 0 N–H and O–H groups in total. The average Bonchev–Trinajstić information content (AvgIpc) is 2.99. The third-order valence-corrected chi connectivity index (χ3v) is 3.91. The molecular formula is C13H13NO4S2. The highest BCUT2D eigenvalue weighted by Crippen LogP contribution is 2.32. The van der Waals surface area contributed by atoms with Crippen molar-refractivity contribution in [3.05, 3.63) is 29.1 Å². The fourth-order valence-corrected chi connectivity index (χ4v) is 2.92. The number of hydrogen-bond acceptors (Lipinski definition) is 6. The lowest BCUT2D eigenvalue weighted by Crippen LogP contribution is -2.30. The van der Waals surface area contributed by atoms with Gasteiger partial charge in [-0.1, -0.05) is 24.0 Å². The second-order valence-corrected chi connectivity index (χ2v) is 5.58. The largest absolute Gasteiger partial charge is 0.466 e. The minimum absolute atomic E-state index is 0.133. The lowest BCUT2D eigenvalue weighted by Gasteiger charge is -2.13. The van der Waals surface area contributed by atoms with Gasteiger partial charge in [-0.3, -0.25) is 14.5 Å². The monoisotopic (exact) mass is 311 g/mol. The molecule has 0 aliphatic carbocycles. The molecular weight excluding hydrogens is 298 g/mol. The summed E-state index contributed by atoms with van der Waals surface area (Å²) in [5.74, 6) is 0.0492. The molecule has 5 nitrogen and oxygen atoms in total. The molecule has 0 spiro atoms. The van der Waals surface area contributed by atoms with Crippen molar-refractivity contribution in [2.24, 2.45) is 0 Å². The highest BCUT2D eigenvalue weighted by atomic mass is 32.2. The molecule has 1 fully saturated rings. The number of hydrogen-bond donors (Lipinski definition) is 0. The van der Waals surface area contributed by atoms with E-state index < -0.39 is 0 Å². The maximum absolute atomic E-state index is 12.2. The predicted molar refractivity (Wildman–Crippen MR) is 79.8 cm³/mol. The van der Waals surface area contributed by atoms with Crippen molar-refractivity contribution in [3.8, 4) is 0 Å². The van der Waals surface area contributed by atoms with Gasteiger partial charge in [-0.15, -0.1) is 0 Å². The SMILES string of the molecule is CCOC(=O)CCN1C(=O)/C(=C/c2ccco2)SC1=S. The summed E-state index contributed by atoms with van der Waals surface area (Å²) in [5.41, 5.74) is 0. The van der Waals surface area contributed by atoms with Crippen molar-refractivity contribution in [2.45, 2.75) is 13.3 Å². The Morgan fingerprint density at radius 1 is 1.60 bits per heavy atom. The average molecular weight is 311 g/mol. The molecule has 1 aliphatic rings. The summed E-state index contributed by atoms with van der Waals surface area (Å²) in [6.45, 7) is 2.30. The van der Waals surface area contributed by atoms with Gasteiger partial charge in [0.15, 0.2) is 0 Å². The number of nitrogens with zero attached hydrogens (tertiary/aromatic N) is 1. The Bertz CT molecular complexity index is 551. The van der Waals surface area contributed by atoms with Gasteiger partial charge >= 0.3 is 5.97 Å². The Morgan fingerprint density at radius 3 is 3.05 bits per heavy atom. The standard InChI is InChI=1S/C13H13NO4S2/c1-2-17-11(15)5-6-14-12(16)10(20-13(14)19)8-9-4-3-7-18-9/h3-4,7-8H,2,5-6H2,1H3/b10-8-. The first-order chi connectivity index (χ1) is 9.61. The number of thioether (sulfide) groups is 1. The first-order valence-corrected chi connectivity index (χ1v) is 7.28. The van der Waals surface area contributed by atoms with Gasteiger partial charge < -0.3 is 9.15 Å². The van der Waals surface area contributed by atoms with Crippen LogP contribution >= 0.6 is 24.0 Å². The fourth-order valence-electron chi connectivity index (χ4n) is 1.63. The quantitative estimate of drug-likeness (QED) is 0.473. The molecule has 1 aromatic rings. The van der Waals surface area contributed by atoms with E-state index in [1.54, 1.807) is 25.1 Å². The molecule has 1 amide bonds. The number of ether oxygens (including phenoxy) is 1. The van der Waals surface area contributed by atoms with Gasteiger partial charge in [0, 0.05) is 12.6 Å². The van der Waals surface area contributed by atoms with Crippen LogP contribution < -0.4 is 0 Å². The van der Waals surface area contributed by atoms with Crippen LogP contribution in [-0.2, 0) is 14.3 Å². The van der Waals surface area contributed by atoms with Gasteiger partial charge in [-0.25, -0.2) is 0 Å². The smallest absolute Gasteiger partial charge is 0.307 e. The second kappa shape index (κ2) is 6.71. The number of esters is 1. The van der Waals surface area contributed by atoms with Crippen molar-refractivity contribution in [1.29, 1.82) is 0 Å². The van der Waals surface area contributed by atoms with Crippen LogP contribution in [0.15, 0.2) is 27.7 Å². The van der Waals surface area contributed by atoms with Crippen molar-refractivity contribution >= 4 is 46.3 Å².